The van der Waals surface area contributed by atoms with Gasteiger partial charge in [0, 0.05) is 24.5 Å². The molecule has 1 saturated heterocycles. The SMILES string of the molecule is CCC(NC(C)CC1CCCN1)c1ncc[nH]1. The van der Waals surface area contributed by atoms with Crippen molar-refractivity contribution in [2.75, 3.05) is 6.54 Å². The van der Waals surface area contributed by atoms with Crippen LogP contribution >= 0.6 is 0 Å². The molecule has 4 heteroatoms. The summed E-state index contributed by atoms with van der Waals surface area (Å²) >= 11 is 0. The van der Waals surface area contributed by atoms with Gasteiger partial charge in [0.25, 0.3) is 0 Å². The van der Waals surface area contributed by atoms with Gasteiger partial charge in [-0.25, -0.2) is 4.98 Å². The van der Waals surface area contributed by atoms with Crippen molar-refractivity contribution >= 4 is 0 Å². The molecule has 0 amide bonds. The van der Waals surface area contributed by atoms with Gasteiger partial charge in [-0.3, -0.25) is 0 Å². The smallest absolute Gasteiger partial charge is 0.123 e. The number of imidazole rings is 1. The van der Waals surface area contributed by atoms with Crippen molar-refractivity contribution in [3.8, 4) is 0 Å². The Morgan fingerprint density at radius 2 is 2.47 bits per heavy atom. The zero-order valence-corrected chi connectivity index (χ0v) is 10.9. The van der Waals surface area contributed by atoms with Crippen LogP contribution in [-0.4, -0.2) is 28.6 Å². The van der Waals surface area contributed by atoms with Crippen molar-refractivity contribution in [3.05, 3.63) is 18.2 Å². The second-order valence-electron chi connectivity index (χ2n) is 5.03. The van der Waals surface area contributed by atoms with Crippen LogP contribution in [0.3, 0.4) is 0 Å². The summed E-state index contributed by atoms with van der Waals surface area (Å²) in [6, 6.07) is 1.58. The molecule has 2 heterocycles. The number of nitrogens with zero attached hydrogens (tertiary/aromatic N) is 1. The number of aromatic amines is 1. The molecule has 1 aliphatic heterocycles. The van der Waals surface area contributed by atoms with Crippen LogP contribution in [0.2, 0.25) is 0 Å². The van der Waals surface area contributed by atoms with Gasteiger partial charge in [-0.2, -0.15) is 0 Å². The summed E-state index contributed by atoms with van der Waals surface area (Å²) in [5.41, 5.74) is 0. The molecule has 1 aromatic rings. The zero-order chi connectivity index (χ0) is 12.1. The number of nitrogens with one attached hydrogen (secondary N) is 3. The molecule has 0 aromatic carbocycles. The minimum atomic E-state index is 0.349. The minimum absolute atomic E-state index is 0.349. The first-order valence-electron chi connectivity index (χ1n) is 6.78. The Morgan fingerprint density at radius 1 is 1.59 bits per heavy atom. The van der Waals surface area contributed by atoms with Crippen molar-refractivity contribution < 1.29 is 0 Å². The van der Waals surface area contributed by atoms with E-state index in [-0.39, 0.29) is 0 Å². The molecule has 17 heavy (non-hydrogen) atoms. The fraction of sp³-hybridized carbons (Fsp3) is 0.769. The van der Waals surface area contributed by atoms with Gasteiger partial charge in [0.1, 0.15) is 5.82 Å². The molecular weight excluding hydrogens is 212 g/mol. The second-order valence-corrected chi connectivity index (χ2v) is 5.03. The number of hydrogen-bond acceptors (Lipinski definition) is 3. The van der Waals surface area contributed by atoms with Crippen LogP contribution in [0.5, 0.6) is 0 Å². The van der Waals surface area contributed by atoms with Gasteiger partial charge in [0.05, 0.1) is 6.04 Å². The molecule has 0 radical (unpaired) electrons. The highest BCUT2D eigenvalue weighted by atomic mass is 15.0. The Morgan fingerprint density at radius 3 is 3.06 bits per heavy atom. The molecule has 1 aromatic heterocycles. The standard InChI is InChI=1S/C13H24N4/c1-3-12(13-15-7-8-16-13)17-10(2)9-11-5-4-6-14-11/h7-8,10-12,14,17H,3-6,9H2,1-2H3,(H,15,16). The highest BCUT2D eigenvalue weighted by molar-refractivity contribution is 4.96. The average molecular weight is 236 g/mol. The fourth-order valence-electron chi connectivity index (χ4n) is 2.65. The van der Waals surface area contributed by atoms with Crippen LogP contribution in [0.1, 0.15) is 51.4 Å². The molecular formula is C13H24N4. The van der Waals surface area contributed by atoms with E-state index in [0.29, 0.717) is 18.1 Å². The van der Waals surface area contributed by atoms with Crippen molar-refractivity contribution in [3.63, 3.8) is 0 Å². The number of rotatable bonds is 6. The molecule has 3 unspecified atom stereocenters. The van der Waals surface area contributed by atoms with E-state index in [1.54, 1.807) is 0 Å². The van der Waals surface area contributed by atoms with Crippen LogP contribution in [0.4, 0.5) is 0 Å². The van der Waals surface area contributed by atoms with Crippen LogP contribution < -0.4 is 10.6 Å². The van der Waals surface area contributed by atoms with Gasteiger partial charge < -0.3 is 15.6 Å². The number of aromatic nitrogens is 2. The summed E-state index contributed by atoms with van der Waals surface area (Å²) in [5.74, 6) is 1.05. The Kier molecular flexibility index (Phi) is 4.57. The van der Waals surface area contributed by atoms with Crippen LogP contribution in [-0.2, 0) is 0 Å². The first kappa shape index (κ1) is 12.6. The Balaban J connectivity index is 1.81. The van der Waals surface area contributed by atoms with E-state index in [1.165, 1.54) is 25.8 Å². The maximum Gasteiger partial charge on any atom is 0.123 e. The van der Waals surface area contributed by atoms with Crippen molar-refractivity contribution in [1.82, 2.24) is 20.6 Å². The predicted molar refractivity (Wildman–Crippen MR) is 69.9 cm³/mol. The van der Waals surface area contributed by atoms with Crippen molar-refractivity contribution in [2.24, 2.45) is 0 Å². The maximum absolute atomic E-state index is 4.34. The molecule has 3 N–H and O–H groups in total. The monoisotopic (exact) mass is 236 g/mol. The molecule has 96 valence electrons. The number of H-pyrrole nitrogens is 1. The summed E-state index contributed by atoms with van der Waals surface area (Å²) in [5, 5.41) is 7.21. The molecule has 2 rings (SSSR count). The summed E-state index contributed by atoms with van der Waals surface area (Å²) in [4.78, 5) is 7.54. The third kappa shape index (κ3) is 3.54. The zero-order valence-electron chi connectivity index (χ0n) is 10.9. The molecule has 0 saturated carbocycles. The highest BCUT2D eigenvalue weighted by Crippen LogP contribution is 2.16. The topological polar surface area (TPSA) is 52.7 Å². The van der Waals surface area contributed by atoms with Crippen LogP contribution in [0, 0.1) is 0 Å². The summed E-state index contributed by atoms with van der Waals surface area (Å²) in [7, 11) is 0. The van der Waals surface area contributed by atoms with E-state index in [2.05, 4.69) is 34.4 Å². The second kappa shape index (κ2) is 6.17. The summed E-state index contributed by atoms with van der Waals surface area (Å²) < 4.78 is 0. The van der Waals surface area contributed by atoms with E-state index in [1.807, 2.05) is 12.4 Å². The largest absolute Gasteiger partial charge is 0.347 e. The van der Waals surface area contributed by atoms with Gasteiger partial charge in [0.15, 0.2) is 0 Å². The molecule has 0 aliphatic carbocycles. The minimum Gasteiger partial charge on any atom is -0.347 e. The lowest BCUT2D eigenvalue weighted by Crippen LogP contribution is -2.36. The average Bonchev–Trinajstić information content (AvgIpc) is 2.97. The van der Waals surface area contributed by atoms with E-state index >= 15 is 0 Å². The van der Waals surface area contributed by atoms with Gasteiger partial charge in [-0.1, -0.05) is 6.92 Å². The normalized spacial score (nSPS) is 23.8. The lowest BCUT2D eigenvalue weighted by molar-refractivity contribution is 0.381. The predicted octanol–water partition coefficient (Wildman–Crippen LogP) is 1.98. The molecule has 4 nitrogen and oxygen atoms in total. The van der Waals surface area contributed by atoms with E-state index in [0.717, 1.165) is 12.2 Å². The first-order valence-corrected chi connectivity index (χ1v) is 6.78. The Bertz CT molecular complexity index is 303. The van der Waals surface area contributed by atoms with Gasteiger partial charge in [0.2, 0.25) is 0 Å². The molecule has 1 aliphatic rings. The third-order valence-corrected chi connectivity index (χ3v) is 3.54. The number of hydrogen-bond donors (Lipinski definition) is 3. The molecule has 1 fully saturated rings. The van der Waals surface area contributed by atoms with Crippen molar-refractivity contribution in [2.45, 2.75) is 57.7 Å². The fourth-order valence-corrected chi connectivity index (χ4v) is 2.65. The lowest BCUT2D eigenvalue weighted by Gasteiger charge is -2.23. The summed E-state index contributed by atoms with van der Waals surface area (Å²) in [6.45, 7) is 5.65. The van der Waals surface area contributed by atoms with Gasteiger partial charge in [-0.15, -0.1) is 0 Å². The van der Waals surface area contributed by atoms with E-state index in [9.17, 15) is 0 Å². The molecule has 0 spiro atoms. The van der Waals surface area contributed by atoms with Gasteiger partial charge >= 0.3 is 0 Å². The Hall–Kier alpha value is -0.870. The maximum atomic E-state index is 4.34. The first-order chi connectivity index (χ1) is 8.29. The van der Waals surface area contributed by atoms with Gasteiger partial charge in [-0.05, 0) is 39.2 Å². The van der Waals surface area contributed by atoms with Crippen molar-refractivity contribution in [1.29, 1.82) is 0 Å². The quantitative estimate of drug-likeness (QED) is 0.708. The Labute approximate surface area is 104 Å². The van der Waals surface area contributed by atoms with Crippen LogP contribution in [0.25, 0.3) is 0 Å². The third-order valence-electron chi connectivity index (χ3n) is 3.54. The summed E-state index contributed by atoms with van der Waals surface area (Å²) in [6.07, 6.45) is 8.63. The highest BCUT2D eigenvalue weighted by Gasteiger charge is 2.19. The van der Waals surface area contributed by atoms with E-state index in [4.69, 9.17) is 0 Å². The van der Waals surface area contributed by atoms with E-state index < -0.39 is 0 Å². The lowest BCUT2D eigenvalue weighted by atomic mass is 10.1. The molecule has 0 bridgehead atoms. The van der Waals surface area contributed by atoms with Crippen LogP contribution in [0.15, 0.2) is 12.4 Å². The molecule has 3 atom stereocenters.